The molecule has 4 rings (SSSR count). The average molecular weight is 400 g/mol. The minimum atomic E-state index is -0.000436. The maximum Gasteiger partial charge on any atom is 0.258 e. The fourth-order valence-electron chi connectivity index (χ4n) is 3.53. The Morgan fingerprint density at radius 3 is 2.56 bits per heavy atom. The predicted molar refractivity (Wildman–Crippen MR) is 109 cm³/mol. The number of fused-ring (bicyclic) bond motifs is 1. The Bertz CT molecular complexity index is 1030. The first kappa shape index (κ1) is 18.1. The summed E-state index contributed by atoms with van der Waals surface area (Å²) in [6.45, 7) is 4.72. The van der Waals surface area contributed by atoms with Crippen molar-refractivity contribution >= 4 is 29.1 Å². The second-order valence-electron chi connectivity index (χ2n) is 6.89. The van der Waals surface area contributed by atoms with E-state index in [4.69, 9.17) is 28.3 Å². The van der Waals surface area contributed by atoms with Crippen molar-refractivity contribution in [3.8, 4) is 16.9 Å². The molecule has 0 fully saturated rings. The molecule has 27 heavy (non-hydrogen) atoms. The van der Waals surface area contributed by atoms with Gasteiger partial charge in [0.25, 0.3) is 5.91 Å². The number of amides is 1. The van der Waals surface area contributed by atoms with Gasteiger partial charge in [0.15, 0.2) is 0 Å². The monoisotopic (exact) mass is 399 g/mol. The zero-order chi connectivity index (χ0) is 19.1. The quantitative estimate of drug-likeness (QED) is 0.602. The number of rotatable bonds is 3. The third-order valence-electron chi connectivity index (χ3n) is 4.82. The Kier molecular flexibility index (Phi) is 4.70. The average Bonchev–Trinajstić information content (AvgIpc) is 3.02. The molecule has 1 aromatic heterocycles. The number of hydrogen-bond acceptors (Lipinski definition) is 2. The third kappa shape index (κ3) is 3.13. The van der Waals surface area contributed by atoms with Crippen LogP contribution >= 0.6 is 23.2 Å². The van der Waals surface area contributed by atoms with Gasteiger partial charge in [-0.05, 0) is 38.1 Å². The predicted octanol–water partition coefficient (Wildman–Crippen LogP) is 5.25. The molecule has 138 valence electrons. The molecule has 0 atom stereocenters. The van der Waals surface area contributed by atoms with Gasteiger partial charge in [-0.2, -0.15) is 5.10 Å². The van der Waals surface area contributed by atoms with Crippen LogP contribution in [0.15, 0.2) is 48.5 Å². The topological polar surface area (TPSA) is 38.1 Å². The van der Waals surface area contributed by atoms with E-state index >= 15 is 0 Å². The summed E-state index contributed by atoms with van der Waals surface area (Å²) < 4.78 is 1.78. The van der Waals surface area contributed by atoms with Crippen molar-refractivity contribution in [3.05, 3.63) is 69.8 Å². The lowest BCUT2D eigenvalue weighted by molar-refractivity contribution is 0.0689. The second kappa shape index (κ2) is 7.02. The molecule has 1 amide bonds. The molecule has 4 nitrogen and oxygen atoms in total. The molecule has 0 saturated heterocycles. The van der Waals surface area contributed by atoms with Crippen molar-refractivity contribution < 1.29 is 4.79 Å². The first-order valence-electron chi connectivity index (χ1n) is 8.91. The van der Waals surface area contributed by atoms with Gasteiger partial charge in [0.1, 0.15) is 0 Å². The van der Waals surface area contributed by atoms with Gasteiger partial charge >= 0.3 is 0 Å². The summed E-state index contributed by atoms with van der Waals surface area (Å²) >= 11 is 12.7. The van der Waals surface area contributed by atoms with E-state index in [1.807, 2.05) is 67.3 Å². The highest BCUT2D eigenvalue weighted by atomic mass is 35.5. The number of benzene rings is 2. The van der Waals surface area contributed by atoms with E-state index < -0.39 is 0 Å². The van der Waals surface area contributed by atoms with Crippen LogP contribution in [0.4, 0.5) is 0 Å². The van der Waals surface area contributed by atoms with Crippen molar-refractivity contribution in [3.63, 3.8) is 0 Å². The molecular formula is C21H19Cl2N3O. The molecule has 1 aliphatic heterocycles. The summed E-state index contributed by atoms with van der Waals surface area (Å²) in [7, 11) is 0. The smallest absolute Gasteiger partial charge is 0.258 e. The van der Waals surface area contributed by atoms with Crippen molar-refractivity contribution in [1.82, 2.24) is 14.7 Å². The maximum absolute atomic E-state index is 13.3. The Labute approximate surface area is 168 Å². The zero-order valence-electron chi connectivity index (χ0n) is 15.1. The number of carbonyl (C=O) groups excluding carboxylic acids is 1. The van der Waals surface area contributed by atoms with Gasteiger partial charge in [-0.25, -0.2) is 4.68 Å². The van der Waals surface area contributed by atoms with Crippen LogP contribution in [0.5, 0.6) is 0 Å². The molecule has 0 aliphatic carbocycles. The molecule has 0 radical (unpaired) electrons. The van der Waals surface area contributed by atoms with Crippen molar-refractivity contribution in [2.45, 2.75) is 26.3 Å². The van der Waals surface area contributed by atoms with Crippen molar-refractivity contribution in [2.24, 2.45) is 0 Å². The van der Waals surface area contributed by atoms with Crippen LogP contribution in [0.1, 0.15) is 29.9 Å². The Morgan fingerprint density at radius 2 is 1.85 bits per heavy atom. The van der Waals surface area contributed by atoms with Gasteiger partial charge < -0.3 is 4.90 Å². The maximum atomic E-state index is 13.3. The minimum Gasteiger partial charge on any atom is -0.336 e. The lowest BCUT2D eigenvalue weighted by Crippen LogP contribution is -2.42. The van der Waals surface area contributed by atoms with Crippen LogP contribution in [0.25, 0.3) is 16.9 Å². The van der Waals surface area contributed by atoms with Crippen molar-refractivity contribution in [1.29, 1.82) is 0 Å². The zero-order valence-corrected chi connectivity index (χ0v) is 16.6. The summed E-state index contributed by atoms with van der Waals surface area (Å²) in [4.78, 5) is 15.2. The highest BCUT2D eigenvalue weighted by Gasteiger charge is 2.34. The first-order valence-corrected chi connectivity index (χ1v) is 9.66. The highest BCUT2D eigenvalue weighted by molar-refractivity contribution is 6.32. The van der Waals surface area contributed by atoms with Crippen LogP contribution in [-0.4, -0.2) is 33.2 Å². The SMILES string of the molecule is CC(C)N1CCc2nn(-c3ccccc3Cl)c(-c3cccc(Cl)c3)c2C1=O. The molecule has 2 heterocycles. The molecule has 0 bridgehead atoms. The normalized spacial score (nSPS) is 14.0. The van der Waals surface area contributed by atoms with E-state index in [-0.39, 0.29) is 11.9 Å². The summed E-state index contributed by atoms with van der Waals surface area (Å²) in [6, 6.07) is 15.1. The van der Waals surface area contributed by atoms with E-state index in [1.165, 1.54) is 0 Å². The third-order valence-corrected chi connectivity index (χ3v) is 5.38. The summed E-state index contributed by atoms with van der Waals surface area (Å²) in [5, 5.41) is 5.96. The molecule has 3 aromatic rings. The number of halogens is 2. The summed E-state index contributed by atoms with van der Waals surface area (Å²) in [5.74, 6) is -0.000436. The summed E-state index contributed by atoms with van der Waals surface area (Å²) in [5.41, 5.74) is 3.75. The lowest BCUT2D eigenvalue weighted by atomic mass is 9.99. The molecule has 2 aromatic carbocycles. The molecule has 0 N–H and O–H groups in total. The van der Waals surface area contributed by atoms with Crippen LogP contribution in [0, 0.1) is 0 Å². The van der Waals surface area contributed by atoms with Crippen LogP contribution in [-0.2, 0) is 6.42 Å². The largest absolute Gasteiger partial charge is 0.336 e. The van der Waals surface area contributed by atoms with E-state index in [9.17, 15) is 4.79 Å². The Balaban J connectivity index is 2.01. The van der Waals surface area contributed by atoms with Gasteiger partial charge in [0.05, 0.1) is 27.7 Å². The Morgan fingerprint density at radius 1 is 1.07 bits per heavy atom. The molecule has 0 saturated carbocycles. The standard InChI is InChI=1S/C21H19Cl2N3O/c1-13(2)25-11-10-17-19(21(25)27)20(14-6-5-7-15(22)12-14)26(24-17)18-9-4-3-8-16(18)23/h3-9,12-13H,10-11H2,1-2H3. The molecule has 1 aliphatic rings. The van der Waals surface area contributed by atoms with Gasteiger partial charge in [-0.3, -0.25) is 4.79 Å². The number of hydrogen-bond donors (Lipinski definition) is 0. The van der Waals surface area contributed by atoms with Gasteiger partial charge in [-0.15, -0.1) is 0 Å². The molecule has 0 spiro atoms. The van der Waals surface area contributed by atoms with E-state index in [0.717, 1.165) is 22.6 Å². The first-order chi connectivity index (χ1) is 13.0. The fraction of sp³-hybridized carbons (Fsp3) is 0.238. The van der Waals surface area contributed by atoms with Crippen molar-refractivity contribution in [2.75, 3.05) is 6.54 Å². The Hall–Kier alpha value is -2.30. The van der Waals surface area contributed by atoms with Crippen LogP contribution in [0.2, 0.25) is 10.0 Å². The van der Waals surface area contributed by atoms with Crippen LogP contribution in [0.3, 0.4) is 0 Å². The van der Waals surface area contributed by atoms with Gasteiger partial charge in [0, 0.05) is 29.6 Å². The molecular weight excluding hydrogens is 381 g/mol. The van der Waals surface area contributed by atoms with Gasteiger partial charge in [0.2, 0.25) is 0 Å². The number of nitrogens with zero attached hydrogens (tertiary/aromatic N) is 3. The minimum absolute atomic E-state index is 0.000436. The highest BCUT2D eigenvalue weighted by Crippen LogP contribution is 2.35. The number of para-hydroxylation sites is 1. The van der Waals surface area contributed by atoms with E-state index in [1.54, 1.807) is 4.68 Å². The number of aromatic nitrogens is 2. The van der Waals surface area contributed by atoms with E-state index in [2.05, 4.69) is 0 Å². The molecule has 0 unspecified atom stereocenters. The van der Waals surface area contributed by atoms with Crippen LogP contribution < -0.4 is 0 Å². The molecule has 6 heteroatoms. The van der Waals surface area contributed by atoms with E-state index in [0.29, 0.717) is 28.6 Å². The summed E-state index contributed by atoms with van der Waals surface area (Å²) in [6.07, 6.45) is 0.713. The lowest BCUT2D eigenvalue weighted by Gasteiger charge is -2.30. The fourth-order valence-corrected chi connectivity index (χ4v) is 3.93. The number of carbonyl (C=O) groups is 1. The van der Waals surface area contributed by atoms with Gasteiger partial charge in [-0.1, -0.05) is 47.5 Å². The second-order valence-corrected chi connectivity index (χ2v) is 7.73.